The summed E-state index contributed by atoms with van der Waals surface area (Å²) >= 11 is 1.32. The molecule has 7 heteroatoms. The van der Waals surface area contributed by atoms with Gasteiger partial charge in [0, 0.05) is 18.9 Å². The van der Waals surface area contributed by atoms with Gasteiger partial charge < -0.3 is 9.64 Å². The molecule has 0 aliphatic carbocycles. The summed E-state index contributed by atoms with van der Waals surface area (Å²) in [7, 11) is 0. The van der Waals surface area contributed by atoms with Gasteiger partial charge in [0.15, 0.2) is 0 Å². The topological polar surface area (TPSA) is 71.5 Å². The number of thiophene rings is 1. The number of urea groups is 1. The van der Waals surface area contributed by atoms with Crippen molar-refractivity contribution in [1.82, 2.24) is 9.88 Å². The smallest absolute Gasteiger partial charge is 0.341 e. The van der Waals surface area contributed by atoms with Gasteiger partial charge in [-0.05, 0) is 48.9 Å². The number of ether oxygens (including phenoxy) is 1. The van der Waals surface area contributed by atoms with E-state index in [1.54, 1.807) is 30.8 Å². The van der Waals surface area contributed by atoms with Gasteiger partial charge >= 0.3 is 12.0 Å². The van der Waals surface area contributed by atoms with Crippen molar-refractivity contribution in [2.45, 2.75) is 25.8 Å². The Kier molecular flexibility index (Phi) is 5.10. The molecule has 1 fully saturated rings. The van der Waals surface area contributed by atoms with Crippen LogP contribution in [0.15, 0.2) is 36.0 Å². The first kappa shape index (κ1) is 16.4. The number of aromatic nitrogens is 1. The molecule has 0 aromatic carbocycles. The standard InChI is InChI=1S/C17H19N3O3S/c1-2-23-16(21)13-7-11-24-15(13)19-17(22)20-10-3-4-14(20)12-5-8-18-9-6-12/h5-9,11,14H,2-4,10H2,1H3,(H,19,22)/t14-/m0/s1. The van der Waals surface area contributed by atoms with Gasteiger partial charge in [-0.3, -0.25) is 10.3 Å². The molecule has 6 nitrogen and oxygen atoms in total. The summed E-state index contributed by atoms with van der Waals surface area (Å²) in [4.78, 5) is 30.4. The molecular formula is C17H19N3O3S. The number of carbonyl (C=O) groups is 2. The van der Waals surface area contributed by atoms with Crippen molar-refractivity contribution >= 4 is 28.3 Å². The average molecular weight is 345 g/mol. The minimum absolute atomic E-state index is 0.0407. The number of esters is 1. The van der Waals surface area contributed by atoms with Gasteiger partial charge in [0.25, 0.3) is 0 Å². The molecule has 2 amide bonds. The van der Waals surface area contributed by atoms with Crippen molar-refractivity contribution in [2.24, 2.45) is 0 Å². The van der Waals surface area contributed by atoms with Crippen LogP contribution in [0.25, 0.3) is 0 Å². The zero-order valence-corrected chi connectivity index (χ0v) is 14.2. The Bertz CT molecular complexity index is 717. The molecule has 24 heavy (non-hydrogen) atoms. The molecule has 0 saturated carbocycles. The molecule has 2 aromatic rings. The van der Waals surface area contributed by atoms with E-state index in [0.717, 1.165) is 18.4 Å². The second-order valence-electron chi connectivity index (χ2n) is 5.45. The highest BCUT2D eigenvalue weighted by Gasteiger charge is 2.30. The lowest BCUT2D eigenvalue weighted by Crippen LogP contribution is -2.34. The third-order valence-electron chi connectivity index (χ3n) is 3.99. The molecule has 0 bridgehead atoms. The molecule has 126 valence electrons. The van der Waals surface area contributed by atoms with E-state index in [9.17, 15) is 9.59 Å². The van der Waals surface area contributed by atoms with E-state index < -0.39 is 5.97 Å². The lowest BCUT2D eigenvalue weighted by Gasteiger charge is -2.25. The molecule has 3 rings (SSSR count). The second kappa shape index (κ2) is 7.44. The molecule has 1 aliphatic heterocycles. The van der Waals surface area contributed by atoms with E-state index in [0.29, 0.717) is 23.7 Å². The number of carbonyl (C=O) groups excluding carboxylic acids is 2. The molecule has 1 saturated heterocycles. The summed E-state index contributed by atoms with van der Waals surface area (Å²) < 4.78 is 5.02. The number of hydrogen-bond acceptors (Lipinski definition) is 5. The Hall–Kier alpha value is -2.41. The zero-order valence-electron chi connectivity index (χ0n) is 13.4. The van der Waals surface area contributed by atoms with Crippen LogP contribution in [0.5, 0.6) is 0 Å². The molecule has 2 aromatic heterocycles. The van der Waals surface area contributed by atoms with E-state index in [2.05, 4.69) is 10.3 Å². The Morgan fingerprint density at radius 2 is 2.17 bits per heavy atom. The maximum absolute atomic E-state index is 12.7. The fourth-order valence-corrected chi connectivity index (χ4v) is 3.65. The van der Waals surface area contributed by atoms with Gasteiger partial charge in [0.2, 0.25) is 0 Å². The fourth-order valence-electron chi connectivity index (χ4n) is 2.89. The average Bonchev–Trinajstić information content (AvgIpc) is 3.25. The van der Waals surface area contributed by atoms with Gasteiger partial charge in [0.1, 0.15) is 5.00 Å². The third-order valence-corrected chi connectivity index (χ3v) is 4.82. The number of anilines is 1. The van der Waals surface area contributed by atoms with Crippen LogP contribution in [0.2, 0.25) is 0 Å². The number of amides is 2. The largest absolute Gasteiger partial charge is 0.462 e. The minimum Gasteiger partial charge on any atom is -0.462 e. The van der Waals surface area contributed by atoms with Crippen LogP contribution >= 0.6 is 11.3 Å². The SMILES string of the molecule is CCOC(=O)c1ccsc1NC(=O)N1CCC[C@H]1c1ccncc1. The number of pyridine rings is 1. The van der Waals surface area contributed by atoms with Crippen LogP contribution in [0.4, 0.5) is 9.80 Å². The quantitative estimate of drug-likeness (QED) is 0.858. The molecular weight excluding hydrogens is 326 g/mol. The number of nitrogens with zero attached hydrogens (tertiary/aromatic N) is 2. The van der Waals surface area contributed by atoms with E-state index in [-0.39, 0.29) is 12.1 Å². The van der Waals surface area contributed by atoms with E-state index in [1.807, 2.05) is 17.0 Å². The van der Waals surface area contributed by atoms with E-state index >= 15 is 0 Å². The van der Waals surface area contributed by atoms with Crippen LogP contribution in [-0.2, 0) is 4.74 Å². The van der Waals surface area contributed by atoms with Crippen LogP contribution in [0, 0.1) is 0 Å². The minimum atomic E-state index is -0.416. The predicted octanol–water partition coefficient (Wildman–Crippen LogP) is 3.69. The number of nitrogens with one attached hydrogen (secondary N) is 1. The molecule has 1 atom stereocenters. The fraction of sp³-hybridized carbons (Fsp3) is 0.353. The van der Waals surface area contributed by atoms with Gasteiger partial charge in [-0.25, -0.2) is 9.59 Å². The Morgan fingerprint density at radius 1 is 1.38 bits per heavy atom. The van der Waals surface area contributed by atoms with E-state index in [4.69, 9.17) is 4.74 Å². The summed E-state index contributed by atoms with van der Waals surface area (Å²) in [5.74, 6) is -0.416. The third kappa shape index (κ3) is 3.41. The first-order valence-electron chi connectivity index (χ1n) is 7.93. The second-order valence-corrected chi connectivity index (χ2v) is 6.36. The number of hydrogen-bond donors (Lipinski definition) is 1. The highest BCUT2D eigenvalue weighted by atomic mass is 32.1. The molecule has 1 aliphatic rings. The van der Waals surface area contributed by atoms with Crippen molar-refractivity contribution in [3.05, 3.63) is 47.1 Å². The normalized spacial score (nSPS) is 16.9. The van der Waals surface area contributed by atoms with Crippen LogP contribution in [-0.4, -0.2) is 35.0 Å². The van der Waals surface area contributed by atoms with Gasteiger partial charge in [-0.2, -0.15) is 0 Å². The van der Waals surface area contributed by atoms with Crippen molar-refractivity contribution in [1.29, 1.82) is 0 Å². The van der Waals surface area contributed by atoms with Crippen molar-refractivity contribution in [3.63, 3.8) is 0 Å². The Morgan fingerprint density at radius 3 is 2.92 bits per heavy atom. The van der Waals surface area contributed by atoms with Crippen molar-refractivity contribution < 1.29 is 14.3 Å². The Labute approximate surface area is 144 Å². The van der Waals surface area contributed by atoms with Crippen LogP contribution in [0.3, 0.4) is 0 Å². The summed E-state index contributed by atoms with van der Waals surface area (Å²) in [6.07, 6.45) is 5.35. The summed E-state index contributed by atoms with van der Waals surface area (Å²) in [5.41, 5.74) is 1.48. The summed E-state index contributed by atoms with van der Waals surface area (Å²) in [6, 6.07) is 5.39. The number of rotatable bonds is 4. The van der Waals surface area contributed by atoms with Gasteiger partial charge in [-0.15, -0.1) is 11.3 Å². The van der Waals surface area contributed by atoms with Crippen molar-refractivity contribution in [2.75, 3.05) is 18.5 Å². The molecule has 0 spiro atoms. The monoisotopic (exact) mass is 345 g/mol. The highest BCUT2D eigenvalue weighted by Crippen LogP contribution is 2.33. The van der Waals surface area contributed by atoms with Crippen LogP contribution < -0.4 is 5.32 Å². The zero-order chi connectivity index (χ0) is 16.9. The Balaban J connectivity index is 1.73. The van der Waals surface area contributed by atoms with Crippen LogP contribution in [0.1, 0.15) is 41.7 Å². The lowest BCUT2D eigenvalue weighted by molar-refractivity contribution is 0.0528. The van der Waals surface area contributed by atoms with Gasteiger partial charge in [-0.1, -0.05) is 0 Å². The first-order chi connectivity index (χ1) is 11.7. The molecule has 0 unspecified atom stereocenters. The number of likely N-dealkylation sites (tertiary alicyclic amines) is 1. The lowest BCUT2D eigenvalue weighted by atomic mass is 10.1. The highest BCUT2D eigenvalue weighted by molar-refractivity contribution is 7.14. The summed E-state index contributed by atoms with van der Waals surface area (Å²) in [5, 5.41) is 5.16. The molecule has 0 radical (unpaired) electrons. The maximum atomic E-state index is 12.7. The first-order valence-corrected chi connectivity index (χ1v) is 8.81. The van der Waals surface area contributed by atoms with Crippen molar-refractivity contribution in [3.8, 4) is 0 Å². The van der Waals surface area contributed by atoms with Gasteiger partial charge in [0.05, 0.1) is 18.2 Å². The maximum Gasteiger partial charge on any atom is 0.341 e. The molecule has 3 heterocycles. The molecule has 1 N–H and O–H groups in total. The predicted molar refractivity (Wildman–Crippen MR) is 92.2 cm³/mol. The van der Waals surface area contributed by atoms with E-state index in [1.165, 1.54) is 11.3 Å². The summed E-state index contributed by atoms with van der Waals surface area (Å²) in [6.45, 7) is 2.75.